The van der Waals surface area contributed by atoms with Crippen molar-refractivity contribution in [3.8, 4) is 5.82 Å². The minimum absolute atomic E-state index is 0.129. The molecule has 4 aromatic rings. The minimum Gasteiger partial charge on any atom is -0.395 e. The lowest BCUT2D eigenvalue weighted by Crippen LogP contribution is -2.33. The van der Waals surface area contributed by atoms with E-state index < -0.39 is 0 Å². The van der Waals surface area contributed by atoms with Crippen LogP contribution in [0.4, 0.5) is 5.82 Å². The van der Waals surface area contributed by atoms with Crippen LogP contribution in [0.3, 0.4) is 0 Å². The number of rotatable bonds is 5. The molecule has 1 unspecified atom stereocenters. The van der Waals surface area contributed by atoms with Crippen molar-refractivity contribution in [2.45, 2.75) is 25.4 Å². The highest BCUT2D eigenvalue weighted by atomic mass is 16.3. The minimum atomic E-state index is -0.132. The van der Waals surface area contributed by atoms with E-state index in [2.05, 4.69) is 15.0 Å². The second-order valence-electron chi connectivity index (χ2n) is 7.21. The van der Waals surface area contributed by atoms with Crippen LogP contribution in [-0.4, -0.2) is 47.6 Å². The molecule has 0 radical (unpaired) electrons. The predicted octanol–water partition coefficient (Wildman–Crippen LogP) is 1.71. The van der Waals surface area contributed by atoms with Crippen LogP contribution in [0.5, 0.6) is 0 Å². The topological polar surface area (TPSA) is 102 Å². The maximum atomic E-state index is 13.1. The summed E-state index contributed by atoms with van der Waals surface area (Å²) >= 11 is 0. The van der Waals surface area contributed by atoms with Gasteiger partial charge in [-0.2, -0.15) is 5.10 Å². The van der Waals surface area contributed by atoms with Crippen molar-refractivity contribution < 1.29 is 5.11 Å². The summed E-state index contributed by atoms with van der Waals surface area (Å²) in [6.45, 7) is 0.854. The van der Waals surface area contributed by atoms with Crippen molar-refractivity contribution in [3.63, 3.8) is 0 Å². The molecule has 1 aliphatic rings. The number of hydrogen-bond acceptors (Lipinski definition) is 7. The second kappa shape index (κ2) is 7.68. The van der Waals surface area contributed by atoms with Gasteiger partial charge in [0.1, 0.15) is 11.6 Å². The lowest BCUT2D eigenvalue weighted by molar-refractivity contribution is 0.270. The van der Waals surface area contributed by atoms with Crippen LogP contribution in [0.15, 0.2) is 59.9 Å². The number of para-hydroxylation sites is 1. The van der Waals surface area contributed by atoms with Crippen molar-refractivity contribution in [1.29, 1.82) is 0 Å². The Labute approximate surface area is 172 Å². The van der Waals surface area contributed by atoms with E-state index in [1.807, 2.05) is 30.5 Å². The fourth-order valence-corrected chi connectivity index (χ4v) is 4.06. The van der Waals surface area contributed by atoms with Gasteiger partial charge in [-0.1, -0.05) is 12.1 Å². The highest BCUT2D eigenvalue weighted by molar-refractivity contribution is 5.77. The molecule has 30 heavy (non-hydrogen) atoms. The normalized spacial score (nSPS) is 16.4. The van der Waals surface area contributed by atoms with Gasteiger partial charge in [0.05, 0.1) is 42.5 Å². The van der Waals surface area contributed by atoms with Gasteiger partial charge < -0.3 is 10.0 Å². The van der Waals surface area contributed by atoms with Gasteiger partial charge in [-0.3, -0.25) is 14.3 Å². The number of benzene rings is 1. The lowest BCUT2D eigenvalue weighted by atomic mass is 10.1. The van der Waals surface area contributed by atoms with E-state index in [1.54, 1.807) is 33.9 Å². The molecule has 0 aliphatic carbocycles. The van der Waals surface area contributed by atoms with Gasteiger partial charge in [0.25, 0.3) is 5.56 Å². The third kappa shape index (κ3) is 3.13. The summed E-state index contributed by atoms with van der Waals surface area (Å²) < 4.78 is 3.26. The summed E-state index contributed by atoms with van der Waals surface area (Å²) in [4.78, 5) is 29.1. The molecule has 9 nitrogen and oxygen atoms in total. The molecule has 1 atom stereocenters. The number of aromatic nitrogens is 6. The summed E-state index contributed by atoms with van der Waals surface area (Å²) in [5.74, 6) is 1.99. The zero-order chi connectivity index (χ0) is 20.5. The third-order valence-electron chi connectivity index (χ3n) is 5.41. The summed E-state index contributed by atoms with van der Waals surface area (Å²) in [6.07, 6.45) is 8.68. The molecule has 0 amide bonds. The molecule has 5 rings (SSSR count). The van der Waals surface area contributed by atoms with Crippen LogP contribution >= 0.6 is 0 Å². The van der Waals surface area contributed by atoms with Crippen LogP contribution in [0, 0.1) is 0 Å². The van der Waals surface area contributed by atoms with Crippen LogP contribution in [0.1, 0.15) is 24.7 Å². The number of anilines is 1. The van der Waals surface area contributed by atoms with Crippen molar-refractivity contribution in [2.75, 3.05) is 18.1 Å². The van der Waals surface area contributed by atoms with Crippen LogP contribution in [-0.2, 0) is 6.54 Å². The van der Waals surface area contributed by atoms with Gasteiger partial charge in [-0.05, 0) is 31.0 Å². The SMILES string of the molecule is O=c1c2ccccc2nc(C2CCCN2c2cncc(-n3cccn3)n2)n1CCO. The Morgan fingerprint density at radius 2 is 1.97 bits per heavy atom. The monoisotopic (exact) mass is 403 g/mol. The molecule has 1 aromatic carbocycles. The van der Waals surface area contributed by atoms with E-state index in [9.17, 15) is 9.90 Å². The largest absolute Gasteiger partial charge is 0.395 e. The highest BCUT2D eigenvalue weighted by Gasteiger charge is 2.31. The van der Waals surface area contributed by atoms with E-state index in [1.165, 1.54) is 0 Å². The smallest absolute Gasteiger partial charge is 0.261 e. The Morgan fingerprint density at radius 3 is 2.80 bits per heavy atom. The van der Waals surface area contributed by atoms with Gasteiger partial charge in [0.2, 0.25) is 0 Å². The Morgan fingerprint density at radius 1 is 1.10 bits per heavy atom. The summed E-state index contributed by atoms with van der Waals surface area (Å²) in [6, 6.07) is 9.03. The Hall–Kier alpha value is -3.59. The molecule has 1 saturated heterocycles. The molecule has 3 aromatic heterocycles. The Kier molecular flexibility index (Phi) is 4.72. The summed E-state index contributed by atoms with van der Waals surface area (Å²) in [5.41, 5.74) is 0.530. The number of aliphatic hydroxyl groups excluding tert-OH is 1. The Bertz CT molecular complexity index is 1240. The maximum absolute atomic E-state index is 13.1. The molecular formula is C21H21N7O2. The maximum Gasteiger partial charge on any atom is 0.261 e. The molecule has 1 fully saturated rings. The first kappa shape index (κ1) is 18.4. The van der Waals surface area contributed by atoms with E-state index in [4.69, 9.17) is 9.97 Å². The fraction of sp³-hybridized carbons (Fsp3) is 0.286. The molecule has 152 valence electrons. The Balaban J connectivity index is 1.60. The van der Waals surface area contributed by atoms with Crippen LogP contribution in [0.25, 0.3) is 16.7 Å². The highest BCUT2D eigenvalue weighted by Crippen LogP contribution is 2.34. The zero-order valence-corrected chi connectivity index (χ0v) is 16.3. The summed E-state index contributed by atoms with van der Waals surface area (Å²) in [7, 11) is 0. The molecule has 0 bridgehead atoms. The first-order chi connectivity index (χ1) is 14.8. The van der Waals surface area contributed by atoms with Gasteiger partial charge in [-0.15, -0.1) is 0 Å². The molecular weight excluding hydrogens is 382 g/mol. The second-order valence-corrected chi connectivity index (χ2v) is 7.21. The van der Waals surface area contributed by atoms with Gasteiger partial charge in [0.15, 0.2) is 5.82 Å². The quantitative estimate of drug-likeness (QED) is 0.541. The van der Waals surface area contributed by atoms with Crippen LogP contribution < -0.4 is 10.5 Å². The van der Waals surface area contributed by atoms with Crippen molar-refractivity contribution in [1.82, 2.24) is 29.3 Å². The summed E-state index contributed by atoms with van der Waals surface area (Å²) in [5, 5.41) is 14.4. The zero-order valence-electron chi connectivity index (χ0n) is 16.3. The van der Waals surface area contributed by atoms with E-state index in [-0.39, 0.29) is 24.8 Å². The molecule has 1 N–H and O–H groups in total. The van der Waals surface area contributed by atoms with Crippen molar-refractivity contribution in [2.24, 2.45) is 0 Å². The van der Waals surface area contributed by atoms with Gasteiger partial charge >= 0.3 is 0 Å². The van der Waals surface area contributed by atoms with E-state index in [0.29, 0.717) is 28.4 Å². The number of aliphatic hydroxyl groups is 1. The number of hydrogen-bond donors (Lipinski definition) is 1. The molecule has 0 saturated carbocycles. The third-order valence-corrected chi connectivity index (χ3v) is 5.41. The molecule has 9 heteroatoms. The standard InChI is InChI=1S/C21H21N7O2/c29-12-11-27-20(24-16-6-2-1-5-15(16)21(27)30)17-7-3-9-26(17)18-13-22-14-19(25-18)28-10-4-8-23-28/h1-2,4-6,8,10,13-14,17,29H,3,7,9,11-12H2. The number of fused-ring (bicyclic) bond motifs is 1. The fourth-order valence-electron chi connectivity index (χ4n) is 4.06. The first-order valence-corrected chi connectivity index (χ1v) is 9.95. The number of nitrogens with zero attached hydrogens (tertiary/aromatic N) is 7. The molecule has 1 aliphatic heterocycles. The van der Waals surface area contributed by atoms with E-state index in [0.717, 1.165) is 19.4 Å². The van der Waals surface area contributed by atoms with Crippen molar-refractivity contribution >= 4 is 16.7 Å². The van der Waals surface area contributed by atoms with Crippen molar-refractivity contribution in [3.05, 3.63) is 71.3 Å². The average Bonchev–Trinajstić information content (AvgIpc) is 3.48. The predicted molar refractivity (Wildman–Crippen MR) is 112 cm³/mol. The molecule has 0 spiro atoms. The van der Waals surface area contributed by atoms with Gasteiger partial charge in [0, 0.05) is 18.9 Å². The van der Waals surface area contributed by atoms with Gasteiger partial charge in [-0.25, -0.2) is 14.6 Å². The lowest BCUT2D eigenvalue weighted by Gasteiger charge is -2.27. The first-order valence-electron chi connectivity index (χ1n) is 9.95. The van der Waals surface area contributed by atoms with Crippen LogP contribution in [0.2, 0.25) is 0 Å². The van der Waals surface area contributed by atoms with E-state index >= 15 is 0 Å². The average molecular weight is 403 g/mol. The molecule has 4 heterocycles.